The summed E-state index contributed by atoms with van der Waals surface area (Å²) >= 11 is 1.34. The highest BCUT2D eigenvalue weighted by Gasteiger charge is 2.17. The van der Waals surface area contributed by atoms with Crippen LogP contribution < -0.4 is 25.4 Å². The van der Waals surface area contributed by atoms with Crippen molar-refractivity contribution in [1.29, 1.82) is 0 Å². The van der Waals surface area contributed by atoms with Crippen LogP contribution in [0.1, 0.15) is 15.9 Å². The van der Waals surface area contributed by atoms with Gasteiger partial charge in [0.25, 0.3) is 11.8 Å². The van der Waals surface area contributed by atoms with Gasteiger partial charge in [-0.25, -0.2) is 0 Å². The maximum absolute atomic E-state index is 13.5. The largest absolute Gasteiger partial charge is 0.497 e. The molecule has 0 heterocycles. The van der Waals surface area contributed by atoms with Crippen LogP contribution >= 0.6 is 11.8 Å². The zero-order valence-corrected chi connectivity index (χ0v) is 23.4. The first-order valence-electron chi connectivity index (χ1n) is 12.6. The lowest BCUT2D eigenvalue weighted by Gasteiger charge is -2.13. The molecule has 0 saturated carbocycles. The zero-order valence-electron chi connectivity index (χ0n) is 22.5. The van der Waals surface area contributed by atoms with Gasteiger partial charge in [0.15, 0.2) is 0 Å². The number of methoxy groups -OCH3 is 2. The number of nitrogens with one attached hydrogen (secondary N) is 3. The molecule has 9 heteroatoms. The highest BCUT2D eigenvalue weighted by atomic mass is 32.2. The average molecular weight is 568 g/mol. The molecule has 0 aliphatic carbocycles. The number of rotatable bonds is 11. The molecule has 4 aromatic carbocycles. The van der Waals surface area contributed by atoms with Crippen LogP contribution in [-0.4, -0.2) is 37.7 Å². The maximum atomic E-state index is 13.5. The second-order valence-electron chi connectivity index (χ2n) is 8.67. The number of benzene rings is 4. The fraction of sp³-hybridized carbons (Fsp3) is 0.0938. The summed E-state index contributed by atoms with van der Waals surface area (Å²) < 4.78 is 10.7. The van der Waals surface area contributed by atoms with Gasteiger partial charge in [0.2, 0.25) is 5.91 Å². The van der Waals surface area contributed by atoms with Crippen LogP contribution in [0, 0.1) is 0 Å². The van der Waals surface area contributed by atoms with Crippen molar-refractivity contribution in [3.8, 4) is 11.5 Å². The maximum Gasteiger partial charge on any atom is 0.272 e. The second-order valence-corrected chi connectivity index (χ2v) is 9.72. The van der Waals surface area contributed by atoms with E-state index in [1.165, 1.54) is 18.9 Å². The number of amides is 3. The number of hydrogen-bond acceptors (Lipinski definition) is 6. The van der Waals surface area contributed by atoms with Crippen LogP contribution in [-0.2, 0) is 9.59 Å². The second kappa shape index (κ2) is 14.4. The Hall–Kier alpha value is -5.02. The molecule has 0 radical (unpaired) electrons. The summed E-state index contributed by atoms with van der Waals surface area (Å²) in [5.41, 5.74) is 2.22. The molecule has 0 atom stereocenters. The van der Waals surface area contributed by atoms with Gasteiger partial charge in [0.1, 0.15) is 17.2 Å². The Morgan fingerprint density at radius 1 is 0.756 bits per heavy atom. The standard InChI is InChI=1S/C32H29N3O5S/c1-39-26-17-16-23(29(20-26)40-2)18-28(35-31(37)22-10-5-3-6-11-22)32(38)34-25-14-9-15-27(19-25)41-21-30(36)33-24-12-7-4-8-13-24/h3-20H,21H2,1-2H3,(H,33,36)(H,34,38)(H,35,37)/b28-18+. The van der Waals surface area contributed by atoms with E-state index in [-0.39, 0.29) is 17.4 Å². The summed E-state index contributed by atoms with van der Waals surface area (Å²) in [4.78, 5) is 39.6. The van der Waals surface area contributed by atoms with E-state index in [0.717, 1.165) is 10.6 Å². The first-order chi connectivity index (χ1) is 19.9. The summed E-state index contributed by atoms with van der Waals surface area (Å²) in [5.74, 6) is 0.144. The molecule has 0 fully saturated rings. The summed E-state index contributed by atoms with van der Waals surface area (Å²) in [6, 6.07) is 30.1. The van der Waals surface area contributed by atoms with Crippen LogP contribution in [0.2, 0.25) is 0 Å². The van der Waals surface area contributed by atoms with Crippen LogP contribution in [0.25, 0.3) is 6.08 Å². The summed E-state index contributed by atoms with van der Waals surface area (Å²) in [6.07, 6.45) is 1.54. The first kappa shape index (κ1) is 29.0. The van der Waals surface area contributed by atoms with Gasteiger partial charge in [-0.2, -0.15) is 0 Å². The van der Waals surface area contributed by atoms with E-state index < -0.39 is 11.8 Å². The lowest BCUT2D eigenvalue weighted by molar-refractivity contribution is -0.114. The van der Waals surface area contributed by atoms with Crippen molar-refractivity contribution in [2.45, 2.75) is 4.90 Å². The molecular weight excluding hydrogens is 538 g/mol. The molecule has 0 aliphatic heterocycles. The number of para-hydroxylation sites is 1. The van der Waals surface area contributed by atoms with Crippen LogP contribution in [0.5, 0.6) is 11.5 Å². The molecule has 4 aromatic rings. The van der Waals surface area contributed by atoms with Crippen molar-refractivity contribution in [1.82, 2.24) is 5.32 Å². The van der Waals surface area contributed by atoms with Crippen LogP contribution in [0.15, 0.2) is 114 Å². The van der Waals surface area contributed by atoms with E-state index >= 15 is 0 Å². The van der Waals surface area contributed by atoms with Crippen LogP contribution in [0.4, 0.5) is 11.4 Å². The smallest absolute Gasteiger partial charge is 0.272 e. The Morgan fingerprint density at radius 3 is 2.17 bits per heavy atom. The third kappa shape index (κ3) is 8.48. The molecule has 3 N–H and O–H groups in total. The van der Waals surface area contributed by atoms with Crippen molar-refractivity contribution < 1.29 is 23.9 Å². The molecule has 41 heavy (non-hydrogen) atoms. The molecule has 0 bridgehead atoms. The fourth-order valence-corrected chi connectivity index (χ4v) is 4.52. The number of anilines is 2. The normalized spacial score (nSPS) is 10.8. The van der Waals surface area contributed by atoms with Crippen molar-refractivity contribution in [2.24, 2.45) is 0 Å². The lowest BCUT2D eigenvalue weighted by Crippen LogP contribution is -2.30. The van der Waals surface area contributed by atoms with Gasteiger partial charge in [-0.05, 0) is 60.7 Å². The molecule has 0 saturated heterocycles. The molecule has 4 rings (SSSR count). The van der Waals surface area contributed by atoms with E-state index in [0.29, 0.717) is 28.3 Å². The minimum Gasteiger partial charge on any atom is -0.497 e. The van der Waals surface area contributed by atoms with E-state index in [9.17, 15) is 14.4 Å². The number of carbonyl (C=O) groups excluding carboxylic acids is 3. The van der Waals surface area contributed by atoms with Crippen LogP contribution in [0.3, 0.4) is 0 Å². The molecule has 8 nitrogen and oxygen atoms in total. The van der Waals surface area contributed by atoms with Gasteiger partial charge in [-0.1, -0.05) is 42.5 Å². The van der Waals surface area contributed by atoms with Gasteiger partial charge in [-0.3, -0.25) is 14.4 Å². The number of carbonyl (C=O) groups is 3. The SMILES string of the molecule is COc1ccc(/C=C(/NC(=O)c2ccccc2)C(=O)Nc2cccc(SCC(=O)Nc3ccccc3)c2)c(OC)c1. The Bertz CT molecular complexity index is 1540. The minimum absolute atomic E-state index is 0.0163. The predicted octanol–water partition coefficient (Wildman–Crippen LogP) is 5.84. The molecule has 208 valence electrons. The Kier molecular flexibility index (Phi) is 10.2. The molecule has 3 amide bonds. The first-order valence-corrected chi connectivity index (χ1v) is 13.6. The monoisotopic (exact) mass is 567 g/mol. The highest BCUT2D eigenvalue weighted by molar-refractivity contribution is 8.00. The van der Waals surface area contributed by atoms with Gasteiger partial charge in [0, 0.05) is 33.5 Å². The Labute approximate surface area is 242 Å². The summed E-state index contributed by atoms with van der Waals surface area (Å²) in [6.45, 7) is 0. The minimum atomic E-state index is -0.531. The van der Waals surface area contributed by atoms with E-state index in [1.54, 1.807) is 79.9 Å². The molecular formula is C32H29N3O5S. The van der Waals surface area contributed by atoms with Gasteiger partial charge in [-0.15, -0.1) is 11.8 Å². The number of thioether (sulfide) groups is 1. The third-order valence-electron chi connectivity index (χ3n) is 5.79. The van der Waals surface area contributed by atoms with E-state index in [2.05, 4.69) is 16.0 Å². The van der Waals surface area contributed by atoms with Crippen molar-refractivity contribution in [2.75, 3.05) is 30.6 Å². The number of ether oxygens (including phenoxy) is 2. The van der Waals surface area contributed by atoms with Crippen molar-refractivity contribution in [3.05, 3.63) is 120 Å². The average Bonchev–Trinajstić information content (AvgIpc) is 3.01. The van der Waals surface area contributed by atoms with Crippen molar-refractivity contribution >= 4 is 46.9 Å². The zero-order chi connectivity index (χ0) is 29.0. The molecule has 0 spiro atoms. The summed E-state index contributed by atoms with van der Waals surface area (Å²) in [5, 5.41) is 8.42. The van der Waals surface area contributed by atoms with Gasteiger partial charge >= 0.3 is 0 Å². The fourth-order valence-electron chi connectivity index (χ4n) is 3.77. The quantitative estimate of drug-likeness (QED) is 0.155. The molecule has 0 unspecified atom stereocenters. The van der Waals surface area contributed by atoms with E-state index in [1.807, 2.05) is 36.4 Å². The van der Waals surface area contributed by atoms with Gasteiger partial charge < -0.3 is 25.4 Å². The highest BCUT2D eigenvalue weighted by Crippen LogP contribution is 2.27. The third-order valence-corrected chi connectivity index (χ3v) is 6.78. The lowest BCUT2D eigenvalue weighted by atomic mass is 10.1. The molecule has 0 aromatic heterocycles. The van der Waals surface area contributed by atoms with Gasteiger partial charge in [0.05, 0.1) is 20.0 Å². The molecule has 0 aliphatic rings. The summed E-state index contributed by atoms with van der Waals surface area (Å²) in [7, 11) is 3.06. The Balaban J connectivity index is 1.51. The van der Waals surface area contributed by atoms with E-state index in [4.69, 9.17) is 9.47 Å². The number of hydrogen-bond donors (Lipinski definition) is 3. The topological polar surface area (TPSA) is 106 Å². The van der Waals surface area contributed by atoms with Crippen molar-refractivity contribution in [3.63, 3.8) is 0 Å². The predicted molar refractivity (Wildman–Crippen MR) is 162 cm³/mol. The Morgan fingerprint density at radius 2 is 1.46 bits per heavy atom.